The van der Waals surface area contributed by atoms with Crippen LogP contribution in [0.4, 0.5) is 0 Å². The van der Waals surface area contributed by atoms with Gasteiger partial charge in [0, 0.05) is 13.1 Å². The first-order valence-electron chi connectivity index (χ1n) is 7.39. The van der Waals surface area contributed by atoms with Gasteiger partial charge < -0.3 is 15.6 Å². The number of ether oxygens (including phenoxy) is 1. The Balaban J connectivity index is 1.81. The quantitative estimate of drug-likeness (QED) is 0.767. The third kappa shape index (κ3) is 3.95. The molecule has 5 heteroatoms. The molecule has 1 aliphatic rings. The molecule has 0 unspecified atom stereocenters. The van der Waals surface area contributed by atoms with Gasteiger partial charge in [-0.25, -0.2) is 0 Å². The lowest BCUT2D eigenvalue weighted by Crippen LogP contribution is -2.41. The Labute approximate surface area is 125 Å². The smallest absolute Gasteiger partial charge is 0.234 e. The van der Waals surface area contributed by atoms with Crippen LogP contribution in [0.5, 0.6) is 5.75 Å². The van der Waals surface area contributed by atoms with E-state index in [9.17, 15) is 9.90 Å². The van der Waals surface area contributed by atoms with E-state index in [0.29, 0.717) is 26.1 Å². The number of hydrogen-bond donors (Lipinski definition) is 2. The van der Waals surface area contributed by atoms with E-state index in [-0.39, 0.29) is 11.9 Å². The molecule has 1 saturated heterocycles. The molecule has 1 fully saturated rings. The topological polar surface area (TPSA) is 75.8 Å². The van der Waals surface area contributed by atoms with Gasteiger partial charge in [-0.3, -0.25) is 9.69 Å². The molecular formula is C16H24N2O3. The Kier molecular flexibility index (Phi) is 5.20. The summed E-state index contributed by atoms with van der Waals surface area (Å²) in [7, 11) is 0. The predicted octanol–water partition coefficient (Wildman–Crippen LogP) is 0.993. The summed E-state index contributed by atoms with van der Waals surface area (Å²) in [4.78, 5) is 13.3. The van der Waals surface area contributed by atoms with E-state index >= 15 is 0 Å². The van der Waals surface area contributed by atoms with Crippen molar-refractivity contribution in [1.29, 1.82) is 0 Å². The van der Waals surface area contributed by atoms with Gasteiger partial charge in [0.05, 0.1) is 18.8 Å². The fourth-order valence-corrected chi connectivity index (χ4v) is 2.89. The Morgan fingerprint density at radius 2 is 2.10 bits per heavy atom. The van der Waals surface area contributed by atoms with Gasteiger partial charge >= 0.3 is 0 Å². The van der Waals surface area contributed by atoms with Crippen molar-refractivity contribution in [1.82, 2.24) is 4.90 Å². The van der Waals surface area contributed by atoms with Crippen LogP contribution >= 0.6 is 0 Å². The first-order valence-corrected chi connectivity index (χ1v) is 7.39. The summed E-state index contributed by atoms with van der Waals surface area (Å²) in [5.74, 6) is 0.577. The van der Waals surface area contributed by atoms with Gasteiger partial charge in [-0.15, -0.1) is 0 Å². The highest BCUT2D eigenvalue weighted by molar-refractivity contribution is 5.80. The number of nitrogens with zero attached hydrogens (tertiary/aromatic N) is 1. The number of hydrogen-bond acceptors (Lipinski definition) is 4. The Morgan fingerprint density at radius 3 is 2.71 bits per heavy atom. The summed E-state index contributed by atoms with van der Waals surface area (Å²) in [6, 6.07) is 5.73. The fraction of sp³-hybridized carbons (Fsp3) is 0.562. The van der Waals surface area contributed by atoms with Crippen LogP contribution in [0.25, 0.3) is 0 Å². The maximum Gasteiger partial charge on any atom is 0.234 e. The number of benzene rings is 1. The van der Waals surface area contributed by atoms with E-state index in [1.165, 1.54) is 0 Å². The van der Waals surface area contributed by atoms with Crippen molar-refractivity contribution in [3.8, 4) is 5.75 Å². The van der Waals surface area contributed by atoms with Crippen LogP contribution in [0.2, 0.25) is 0 Å². The number of primary amides is 1. The number of carbonyl (C=O) groups excluding carboxylic acids is 1. The van der Waals surface area contributed by atoms with Gasteiger partial charge in [0.25, 0.3) is 0 Å². The second kappa shape index (κ2) is 6.91. The summed E-state index contributed by atoms with van der Waals surface area (Å²) in [6.45, 7) is 5.86. The lowest BCUT2D eigenvalue weighted by molar-refractivity contribution is -0.122. The molecule has 1 amide bonds. The monoisotopic (exact) mass is 292 g/mol. The number of rotatable bonds is 6. The molecule has 1 aromatic rings. The minimum Gasteiger partial charge on any atom is -0.493 e. The highest BCUT2D eigenvalue weighted by Crippen LogP contribution is 2.23. The van der Waals surface area contributed by atoms with Crippen LogP contribution < -0.4 is 10.5 Å². The second-order valence-corrected chi connectivity index (χ2v) is 5.73. The molecule has 3 N–H and O–H groups in total. The molecular weight excluding hydrogens is 268 g/mol. The van der Waals surface area contributed by atoms with Gasteiger partial charge in [-0.2, -0.15) is 0 Å². The van der Waals surface area contributed by atoms with Gasteiger partial charge in [-0.05, 0) is 37.8 Å². The van der Waals surface area contributed by atoms with E-state index in [2.05, 4.69) is 0 Å². The van der Waals surface area contributed by atoms with Gasteiger partial charge in [0.15, 0.2) is 0 Å². The molecule has 2 atom stereocenters. The number of aryl methyl sites for hydroxylation is 2. The van der Waals surface area contributed by atoms with Crippen molar-refractivity contribution in [2.75, 3.05) is 19.7 Å². The highest BCUT2D eigenvalue weighted by atomic mass is 16.5. The van der Waals surface area contributed by atoms with E-state index < -0.39 is 6.10 Å². The normalized spacial score (nSPS) is 22.4. The summed E-state index contributed by atoms with van der Waals surface area (Å²) in [5.41, 5.74) is 7.62. The van der Waals surface area contributed by atoms with Crippen molar-refractivity contribution >= 4 is 5.91 Å². The minimum absolute atomic E-state index is 0.347. The van der Waals surface area contributed by atoms with E-state index in [0.717, 1.165) is 23.3 Å². The molecule has 0 aromatic heterocycles. The second-order valence-electron chi connectivity index (χ2n) is 5.73. The fourth-order valence-electron chi connectivity index (χ4n) is 2.89. The number of para-hydroxylation sites is 1. The van der Waals surface area contributed by atoms with Crippen molar-refractivity contribution in [2.45, 2.75) is 38.8 Å². The Bertz CT molecular complexity index is 484. The first-order chi connectivity index (χ1) is 9.99. The van der Waals surface area contributed by atoms with E-state index in [4.69, 9.17) is 10.5 Å². The van der Waals surface area contributed by atoms with Crippen LogP contribution in [0.1, 0.15) is 24.0 Å². The third-order valence-electron chi connectivity index (χ3n) is 3.95. The van der Waals surface area contributed by atoms with Crippen molar-refractivity contribution in [2.24, 2.45) is 5.73 Å². The number of aliphatic hydroxyl groups is 1. The first kappa shape index (κ1) is 15.8. The molecule has 0 radical (unpaired) electrons. The van der Waals surface area contributed by atoms with Crippen LogP contribution in [0.15, 0.2) is 18.2 Å². The van der Waals surface area contributed by atoms with E-state index in [1.54, 1.807) is 0 Å². The zero-order chi connectivity index (χ0) is 15.4. The maximum atomic E-state index is 11.3. The van der Waals surface area contributed by atoms with Crippen LogP contribution in [-0.2, 0) is 4.79 Å². The summed E-state index contributed by atoms with van der Waals surface area (Å²) in [5, 5.41) is 9.65. The summed E-state index contributed by atoms with van der Waals surface area (Å²) < 4.78 is 5.84. The number of likely N-dealkylation sites (tertiary alicyclic amines) is 1. The molecule has 0 aliphatic carbocycles. The molecule has 1 aromatic carbocycles. The zero-order valence-corrected chi connectivity index (χ0v) is 12.7. The molecule has 5 nitrogen and oxygen atoms in total. The molecule has 1 heterocycles. The molecule has 2 rings (SSSR count). The number of amides is 1. The lowest BCUT2D eigenvalue weighted by atomic mass is 10.1. The van der Waals surface area contributed by atoms with Gasteiger partial charge in [0.1, 0.15) is 5.75 Å². The number of β-amino-alcohol motifs (C(OH)–C–C–N with tert-alkyl or cyclic N) is 1. The van der Waals surface area contributed by atoms with Crippen LogP contribution in [0.3, 0.4) is 0 Å². The van der Waals surface area contributed by atoms with Crippen molar-refractivity contribution in [3.05, 3.63) is 29.3 Å². The summed E-state index contributed by atoms with van der Waals surface area (Å²) in [6.07, 6.45) is 0.777. The maximum absolute atomic E-state index is 11.3. The Morgan fingerprint density at radius 1 is 1.43 bits per heavy atom. The molecule has 21 heavy (non-hydrogen) atoms. The predicted molar refractivity (Wildman–Crippen MR) is 81.2 cm³/mol. The van der Waals surface area contributed by atoms with Gasteiger partial charge in [0.2, 0.25) is 5.91 Å². The molecule has 0 spiro atoms. The van der Waals surface area contributed by atoms with Crippen molar-refractivity contribution in [3.63, 3.8) is 0 Å². The SMILES string of the molecule is Cc1cccc(C)c1OCCCN1C[C@H](O)C[C@@H]1C(N)=O. The summed E-state index contributed by atoms with van der Waals surface area (Å²) >= 11 is 0. The molecule has 0 saturated carbocycles. The Hall–Kier alpha value is -1.59. The number of carbonyl (C=O) groups is 1. The average Bonchev–Trinajstić information content (AvgIpc) is 2.79. The minimum atomic E-state index is -0.456. The number of nitrogens with two attached hydrogens (primary N) is 1. The average molecular weight is 292 g/mol. The molecule has 0 bridgehead atoms. The van der Waals surface area contributed by atoms with Crippen LogP contribution in [-0.4, -0.2) is 47.8 Å². The largest absolute Gasteiger partial charge is 0.493 e. The highest BCUT2D eigenvalue weighted by Gasteiger charge is 2.34. The van der Waals surface area contributed by atoms with E-state index in [1.807, 2.05) is 36.9 Å². The zero-order valence-electron chi connectivity index (χ0n) is 12.7. The van der Waals surface area contributed by atoms with Crippen molar-refractivity contribution < 1.29 is 14.6 Å². The van der Waals surface area contributed by atoms with Crippen LogP contribution in [0, 0.1) is 13.8 Å². The lowest BCUT2D eigenvalue weighted by Gasteiger charge is -2.21. The van der Waals surface area contributed by atoms with Gasteiger partial charge in [-0.1, -0.05) is 18.2 Å². The number of aliphatic hydroxyl groups excluding tert-OH is 1. The third-order valence-corrected chi connectivity index (χ3v) is 3.95. The standard InChI is InChI=1S/C16H24N2O3/c1-11-5-3-6-12(2)15(11)21-8-4-7-18-10-13(19)9-14(18)16(17)20/h3,5-6,13-14,19H,4,7-10H2,1-2H3,(H2,17,20)/t13-,14-/m1/s1. The molecule has 1 aliphatic heterocycles. The molecule has 116 valence electrons.